The Morgan fingerprint density at radius 3 is 2.50 bits per heavy atom. The fourth-order valence-electron chi connectivity index (χ4n) is 2.80. The molecule has 1 aliphatic rings. The van der Waals surface area contributed by atoms with Crippen LogP contribution in [-0.4, -0.2) is 33.7 Å². The van der Waals surface area contributed by atoms with Gasteiger partial charge in [0.15, 0.2) is 5.69 Å². The van der Waals surface area contributed by atoms with Crippen molar-refractivity contribution in [2.24, 2.45) is 5.92 Å². The van der Waals surface area contributed by atoms with Crippen molar-refractivity contribution in [3.8, 4) is 5.69 Å². The molecule has 22 heavy (non-hydrogen) atoms. The van der Waals surface area contributed by atoms with Gasteiger partial charge in [-0.05, 0) is 56.0 Å². The maximum Gasteiger partial charge on any atom is 0.274 e. The highest BCUT2D eigenvalue weighted by Crippen LogP contribution is 2.19. The molecule has 2 heterocycles. The van der Waals surface area contributed by atoms with Gasteiger partial charge in [0, 0.05) is 18.8 Å². The number of aromatic nitrogens is 2. The van der Waals surface area contributed by atoms with E-state index in [-0.39, 0.29) is 11.7 Å². The van der Waals surface area contributed by atoms with Crippen LogP contribution in [0, 0.1) is 18.7 Å². The van der Waals surface area contributed by atoms with Gasteiger partial charge in [0.2, 0.25) is 0 Å². The van der Waals surface area contributed by atoms with E-state index < -0.39 is 0 Å². The number of likely N-dealkylation sites (tertiary alicyclic amines) is 1. The molecule has 0 bridgehead atoms. The van der Waals surface area contributed by atoms with Gasteiger partial charge in [-0.15, -0.1) is 0 Å². The number of carbonyl (C=O) groups is 1. The van der Waals surface area contributed by atoms with Crippen molar-refractivity contribution in [3.63, 3.8) is 0 Å². The Morgan fingerprint density at radius 1 is 1.23 bits per heavy atom. The summed E-state index contributed by atoms with van der Waals surface area (Å²) in [5.74, 6) is 0.380. The fraction of sp³-hybridized carbons (Fsp3) is 0.412. The minimum Gasteiger partial charge on any atom is -0.337 e. The summed E-state index contributed by atoms with van der Waals surface area (Å²) in [5.41, 5.74) is 2.07. The molecule has 0 N–H and O–H groups in total. The second-order valence-corrected chi connectivity index (χ2v) is 6.03. The highest BCUT2D eigenvalue weighted by Gasteiger charge is 2.23. The lowest BCUT2D eigenvalue weighted by atomic mass is 9.99. The van der Waals surface area contributed by atoms with Crippen LogP contribution in [0.15, 0.2) is 30.3 Å². The van der Waals surface area contributed by atoms with Crippen molar-refractivity contribution in [3.05, 3.63) is 47.5 Å². The summed E-state index contributed by atoms with van der Waals surface area (Å²) in [5, 5.41) is 4.41. The Labute approximate surface area is 129 Å². The molecule has 3 rings (SSSR count). The van der Waals surface area contributed by atoms with Crippen molar-refractivity contribution in [2.45, 2.75) is 26.7 Å². The average molecular weight is 301 g/mol. The highest BCUT2D eigenvalue weighted by molar-refractivity contribution is 5.92. The molecule has 1 aromatic carbocycles. The van der Waals surface area contributed by atoms with E-state index in [1.54, 1.807) is 22.9 Å². The third kappa shape index (κ3) is 2.89. The smallest absolute Gasteiger partial charge is 0.274 e. The molecule has 0 spiro atoms. The van der Waals surface area contributed by atoms with Crippen molar-refractivity contribution >= 4 is 5.91 Å². The average Bonchev–Trinajstić information content (AvgIpc) is 2.90. The van der Waals surface area contributed by atoms with Crippen LogP contribution in [0.25, 0.3) is 5.69 Å². The number of halogens is 1. The van der Waals surface area contributed by atoms with Crippen LogP contribution in [0.1, 0.15) is 35.9 Å². The monoisotopic (exact) mass is 301 g/mol. The summed E-state index contributed by atoms with van der Waals surface area (Å²) in [4.78, 5) is 14.4. The largest absolute Gasteiger partial charge is 0.337 e. The molecule has 0 saturated carbocycles. The molecule has 0 unspecified atom stereocenters. The lowest BCUT2D eigenvalue weighted by Gasteiger charge is -2.29. The molecule has 0 atom stereocenters. The first-order chi connectivity index (χ1) is 10.5. The molecule has 1 saturated heterocycles. The lowest BCUT2D eigenvalue weighted by Crippen LogP contribution is -2.38. The predicted molar refractivity (Wildman–Crippen MR) is 82.6 cm³/mol. The maximum atomic E-state index is 13.0. The number of carbonyl (C=O) groups excluding carboxylic acids is 1. The summed E-state index contributed by atoms with van der Waals surface area (Å²) >= 11 is 0. The summed E-state index contributed by atoms with van der Waals surface area (Å²) in [6.07, 6.45) is 2.09. The number of aryl methyl sites for hydroxylation is 1. The Kier molecular flexibility index (Phi) is 3.96. The van der Waals surface area contributed by atoms with E-state index in [0.29, 0.717) is 11.6 Å². The van der Waals surface area contributed by atoms with Gasteiger partial charge in [-0.1, -0.05) is 6.92 Å². The van der Waals surface area contributed by atoms with Crippen molar-refractivity contribution < 1.29 is 9.18 Å². The fourth-order valence-corrected chi connectivity index (χ4v) is 2.80. The number of rotatable bonds is 2. The molecule has 116 valence electrons. The molecule has 0 aliphatic carbocycles. The SMILES string of the molecule is Cc1cc(C(=O)N2CCC(C)CC2)nn1-c1ccc(F)cc1. The van der Waals surface area contributed by atoms with Crippen LogP contribution in [0.5, 0.6) is 0 Å². The zero-order chi connectivity index (χ0) is 15.7. The van der Waals surface area contributed by atoms with Crippen LogP contribution in [-0.2, 0) is 0 Å². The van der Waals surface area contributed by atoms with E-state index in [4.69, 9.17) is 0 Å². The van der Waals surface area contributed by atoms with E-state index in [9.17, 15) is 9.18 Å². The molecule has 0 radical (unpaired) electrons. The highest BCUT2D eigenvalue weighted by atomic mass is 19.1. The Morgan fingerprint density at radius 2 is 1.86 bits per heavy atom. The van der Waals surface area contributed by atoms with E-state index in [1.807, 2.05) is 11.8 Å². The van der Waals surface area contributed by atoms with E-state index in [0.717, 1.165) is 37.3 Å². The maximum absolute atomic E-state index is 13.0. The lowest BCUT2D eigenvalue weighted by molar-refractivity contribution is 0.0691. The van der Waals surface area contributed by atoms with E-state index >= 15 is 0 Å². The van der Waals surface area contributed by atoms with Gasteiger partial charge in [0.25, 0.3) is 5.91 Å². The third-order valence-electron chi connectivity index (χ3n) is 4.25. The second-order valence-electron chi connectivity index (χ2n) is 6.03. The zero-order valence-electron chi connectivity index (χ0n) is 12.9. The number of piperidine rings is 1. The van der Waals surface area contributed by atoms with Crippen molar-refractivity contribution in [1.29, 1.82) is 0 Å². The molecule has 1 aromatic heterocycles. The van der Waals surface area contributed by atoms with E-state index in [2.05, 4.69) is 12.0 Å². The Balaban J connectivity index is 1.82. The normalized spacial score (nSPS) is 16.0. The molecule has 1 amide bonds. The van der Waals surface area contributed by atoms with Crippen LogP contribution in [0.4, 0.5) is 4.39 Å². The first kappa shape index (κ1) is 14.8. The molecular weight excluding hydrogens is 281 g/mol. The molecule has 1 aliphatic heterocycles. The van der Waals surface area contributed by atoms with Crippen LogP contribution >= 0.6 is 0 Å². The van der Waals surface area contributed by atoms with Gasteiger partial charge < -0.3 is 4.90 Å². The Bertz CT molecular complexity index is 670. The van der Waals surface area contributed by atoms with Crippen molar-refractivity contribution in [1.82, 2.24) is 14.7 Å². The van der Waals surface area contributed by atoms with Gasteiger partial charge in [-0.25, -0.2) is 9.07 Å². The number of nitrogens with zero attached hydrogens (tertiary/aromatic N) is 3. The standard InChI is InChI=1S/C17H20FN3O/c1-12-7-9-20(10-8-12)17(22)16-11-13(2)21(19-16)15-5-3-14(18)4-6-15/h3-6,11-12H,7-10H2,1-2H3. The molecule has 5 heteroatoms. The van der Waals surface area contributed by atoms with Gasteiger partial charge in [-0.2, -0.15) is 5.10 Å². The second kappa shape index (κ2) is 5.91. The van der Waals surface area contributed by atoms with Gasteiger partial charge in [0.05, 0.1) is 5.69 Å². The summed E-state index contributed by atoms with van der Waals surface area (Å²) in [6, 6.07) is 7.90. The minimum atomic E-state index is -0.285. The molecule has 1 fully saturated rings. The first-order valence-electron chi connectivity index (χ1n) is 7.66. The van der Waals surface area contributed by atoms with Gasteiger partial charge in [-0.3, -0.25) is 4.79 Å². The quantitative estimate of drug-likeness (QED) is 0.854. The molecule has 2 aromatic rings. The Hall–Kier alpha value is -2.17. The first-order valence-corrected chi connectivity index (χ1v) is 7.66. The van der Waals surface area contributed by atoms with Crippen LogP contribution in [0.3, 0.4) is 0 Å². The van der Waals surface area contributed by atoms with Crippen LogP contribution < -0.4 is 0 Å². The number of amides is 1. The molecular formula is C17H20FN3O. The number of hydrogen-bond acceptors (Lipinski definition) is 2. The number of hydrogen-bond donors (Lipinski definition) is 0. The van der Waals surface area contributed by atoms with Crippen LogP contribution in [0.2, 0.25) is 0 Å². The summed E-state index contributed by atoms with van der Waals surface area (Å²) in [6.45, 7) is 5.70. The zero-order valence-corrected chi connectivity index (χ0v) is 12.9. The minimum absolute atomic E-state index is 0.0177. The predicted octanol–water partition coefficient (Wildman–Crippen LogP) is 3.19. The third-order valence-corrected chi connectivity index (χ3v) is 4.25. The van der Waals surface area contributed by atoms with Crippen molar-refractivity contribution in [2.75, 3.05) is 13.1 Å². The summed E-state index contributed by atoms with van der Waals surface area (Å²) in [7, 11) is 0. The van der Waals surface area contributed by atoms with Gasteiger partial charge in [0.1, 0.15) is 5.82 Å². The number of benzene rings is 1. The molecule has 4 nitrogen and oxygen atoms in total. The summed E-state index contributed by atoms with van der Waals surface area (Å²) < 4.78 is 14.7. The van der Waals surface area contributed by atoms with Gasteiger partial charge >= 0.3 is 0 Å². The topological polar surface area (TPSA) is 38.1 Å². The van der Waals surface area contributed by atoms with E-state index in [1.165, 1.54) is 12.1 Å².